The summed E-state index contributed by atoms with van der Waals surface area (Å²) >= 11 is 0. The molecule has 1 aliphatic carbocycles. The molecule has 3 rings (SSSR count). The van der Waals surface area contributed by atoms with Gasteiger partial charge in [-0.05, 0) is 62.8 Å². The van der Waals surface area contributed by atoms with E-state index in [1.165, 1.54) is 37.7 Å². The average Bonchev–Trinajstić information content (AvgIpc) is 2.86. The number of benzene rings is 1. The Kier molecular flexibility index (Phi) is 3.90. The van der Waals surface area contributed by atoms with Gasteiger partial charge in [0.25, 0.3) is 0 Å². The molecule has 1 aromatic carbocycles. The molecule has 1 saturated heterocycles. The highest BCUT2D eigenvalue weighted by molar-refractivity contribution is 5.35. The molecule has 0 bridgehead atoms. The van der Waals surface area contributed by atoms with Crippen LogP contribution in [0.25, 0.3) is 0 Å². The van der Waals surface area contributed by atoms with Gasteiger partial charge in [-0.25, -0.2) is 0 Å². The van der Waals surface area contributed by atoms with Gasteiger partial charge >= 0.3 is 0 Å². The molecule has 1 heterocycles. The maximum absolute atomic E-state index is 5.74. The minimum Gasteiger partial charge on any atom is -0.378 e. The van der Waals surface area contributed by atoms with E-state index in [-0.39, 0.29) is 0 Å². The molecule has 19 heavy (non-hydrogen) atoms. The molecule has 104 valence electrons. The predicted octanol–water partition coefficient (Wildman–Crippen LogP) is 3.25. The van der Waals surface area contributed by atoms with Crippen LogP contribution in [0.1, 0.15) is 48.9 Å². The van der Waals surface area contributed by atoms with Gasteiger partial charge < -0.3 is 10.1 Å². The highest BCUT2D eigenvalue weighted by atomic mass is 16.5. The quantitative estimate of drug-likeness (QED) is 0.899. The largest absolute Gasteiger partial charge is 0.378 e. The van der Waals surface area contributed by atoms with Crippen LogP contribution in [0, 0.1) is 5.92 Å². The number of ether oxygens (including phenoxy) is 1. The van der Waals surface area contributed by atoms with E-state index in [1.54, 1.807) is 11.1 Å². The average molecular weight is 259 g/mol. The second-order valence-electron chi connectivity index (χ2n) is 6.14. The minimum absolute atomic E-state index is 0.415. The molecule has 2 nitrogen and oxygen atoms in total. The number of nitrogens with one attached hydrogen (secondary N) is 1. The molecule has 0 radical (unpaired) electrons. The molecule has 2 heteroatoms. The van der Waals surface area contributed by atoms with Crippen molar-refractivity contribution in [3.8, 4) is 0 Å². The predicted molar refractivity (Wildman–Crippen MR) is 78.4 cm³/mol. The second kappa shape index (κ2) is 5.64. The number of hydrogen-bond acceptors (Lipinski definition) is 2. The van der Waals surface area contributed by atoms with Crippen LogP contribution in [0.4, 0.5) is 0 Å². The van der Waals surface area contributed by atoms with Crippen molar-refractivity contribution in [2.24, 2.45) is 5.92 Å². The van der Waals surface area contributed by atoms with Gasteiger partial charge in [0.05, 0.1) is 12.7 Å². The highest BCUT2D eigenvalue weighted by Gasteiger charge is 2.30. The smallest absolute Gasteiger partial charge is 0.0551 e. The van der Waals surface area contributed by atoms with E-state index in [2.05, 4.69) is 37.5 Å². The lowest BCUT2D eigenvalue weighted by atomic mass is 9.85. The van der Waals surface area contributed by atoms with E-state index in [0.29, 0.717) is 18.1 Å². The van der Waals surface area contributed by atoms with Gasteiger partial charge in [-0.15, -0.1) is 0 Å². The third-order valence-electron chi connectivity index (χ3n) is 4.74. The first kappa shape index (κ1) is 13.1. The molecule has 3 atom stereocenters. The fourth-order valence-electron chi connectivity index (χ4n) is 3.70. The molecule has 1 aromatic rings. The van der Waals surface area contributed by atoms with Gasteiger partial charge in [0.15, 0.2) is 0 Å². The number of aryl methyl sites for hydroxylation is 2. The summed E-state index contributed by atoms with van der Waals surface area (Å²) in [6, 6.07) is 7.57. The highest BCUT2D eigenvalue weighted by Crippen LogP contribution is 2.33. The molecule has 2 aliphatic rings. The lowest BCUT2D eigenvalue weighted by Crippen LogP contribution is -2.26. The molecule has 1 fully saturated rings. The maximum Gasteiger partial charge on any atom is 0.0551 e. The Labute approximate surface area is 116 Å². The lowest BCUT2D eigenvalue weighted by Gasteiger charge is -2.25. The van der Waals surface area contributed by atoms with Gasteiger partial charge in [-0.3, -0.25) is 0 Å². The van der Waals surface area contributed by atoms with E-state index in [4.69, 9.17) is 4.74 Å². The van der Waals surface area contributed by atoms with Crippen LogP contribution in [0.5, 0.6) is 0 Å². The Morgan fingerprint density at radius 1 is 1.21 bits per heavy atom. The lowest BCUT2D eigenvalue weighted by molar-refractivity contribution is 0.117. The van der Waals surface area contributed by atoms with Crippen molar-refractivity contribution in [3.63, 3.8) is 0 Å². The summed E-state index contributed by atoms with van der Waals surface area (Å²) in [6.45, 7) is 3.07. The molecular formula is C17H25NO. The zero-order valence-corrected chi connectivity index (χ0v) is 12.1. The van der Waals surface area contributed by atoms with Crippen LogP contribution in [-0.4, -0.2) is 19.8 Å². The van der Waals surface area contributed by atoms with E-state index in [1.807, 2.05) is 0 Å². The Hall–Kier alpha value is -0.860. The molecule has 0 saturated carbocycles. The van der Waals surface area contributed by atoms with E-state index in [0.717, 1.165) is 6.61 Å². The Bertz CT molecular complexity index is 443. The van der Waals surface area contributed by atoms with Gasteiger partial charge in [0.1, 0.15) is 0 Å². The van der Waals surface area contributed by atoms with Crippen molar-refractivity contribution >= 4 is 0 Å². The van der Waals surface area contributed by atoms with Crippen LogP contribution in [-0.2, 0) is 17.6 Å². The fraction of sp³-hybridized carbons (Fsp3) is 0.647. The van der Waals surface area contributed by atoms with Crippen molar-refractivity contribution in [1.82, 2.24) is 5.32 Å². The fourth-order valence-corrected chi connectivity index (χ4v) is 3.70. The van der Waals surface area contributed by atoms with Crippen LogP contribution in [0.15, 0.2) is 18.2 Å². The molecule has 3 unspecified atom stereocenters. The number of hydrogen-bond donors (Lipinski definition) is 1. The van der Waals surface area contributed by atoms with E-state index < -0.39 is 0 Å². The molecule has 0 spiro atoms. The third kappa shape index (κ3) is 2.70. The molecule has 0 aromatic heterocycles. The van der Waals surface area contributed by atoms with E-state index in [9.17, 15) is 0 Å². The van der Waals surface area contributed by atoms with Gasteiger partial charge in [0, 0.05) is 12.0 Å². The van der Waals surface area contributed by atoms with E-state index >= 15 is 0 Å². The van der Waals surface area contributed by atoms with Crippen molar-refractivity contribution in [1.29, 1.82) is 0 Å². The van der Waals surface area contributed by atoms with Crippen LogP contribution in [0.3, 0.4) is 0 Å². The summed E-state index contributed by atoms with van der Waals surface area (Å²) in [5.41, 5.74) is 4.60. The summed E-state index contributed by atoms with van der Waals surface area (Å²) in [6.07, 6.45) is 6.82. The van der Waals surface area contributed by atoms with Crippen molar-refractivity contribution < 1.29 is 4.74 Å². The molecule has 0 amide bonds. The molecule has 1 aliphatic heterocycles. The Morgan fingerprint density at radius 3 is 2.68 bits per heavy atom. The SMILES string of the molecule is CNC(c1ccc2c(c1)CCCC2)C1COC(C)C1. The normalized spacial score (nSPS) is 28.1. The first-order valence-electron chi connectivity index (χ1n) is 7.68. The third-order valence-corrected chi connectivity index (χ3v) is 4.74. The van der Waals surface area contributed by atoms with Gasteiger partial charge in [0.2, 0.25) is 0 Å². The minimum atomic E-state index is 0.415. The monoisotopic (exact) mass is 259 g/mol. The zero-order valence-electron chi connectivity index (χ0n) is 12.1. The molecule has 1 N–H and O–H groups in total. The van der Waals surface area contributed by atoms with Crippen LogP contribution in [0.2, 0.25) is 0 Å². The Balaban J connectivity index is 1.83. The summed E-state index contributed by atoms with van der Waals surface area (Å²) in [5, 5.41) is 3.51. The summed E-state index contributed by atoms with van der Waals surface area (Å²) in [7, 11) is 2.08. The van der Waals surface area contributed by atoms with Gasteiger partial charge in [-0.1, -0.05) is 18.2 Å². The summed E-state index contributed by atoms with van der Waals surface area (Å²) in [4.78, 5) is 0. The van der Waals surface area contributed by atoms with Crippen molar-refractivity contribution in [2.75, 3.05) is 13.7 Å². The van der Waals surface area contributed by atoms with Crippen molar-refractivity contribution in [2.45, 2.75) is 51.2 Å². The topological polar surface area (TPSA) is 21.3 Å². The summed E-state index contributed by atoms with van der Waals surface area (Å²) in [5.74, 6) is 0.613. The number of fused-ring (bicyclic) bond motifs is 1. The maximum atomic E-state index is 5.74. The first-order valence-corrected chi connectivity index (χ1v) is 7.68. The Morgan fingerprint density at radius 2 is 2.00 bits per heavy atom. The molecular weight excluding hydrogens is 234 g/mol. The van der Waals surface area contributed by atoms with Crippen molar-refractivity contribution in [3.05, 3.63) is 34.9 Å². The van der Waals surface area contributed by atoms with Crippen LogP contribution < -0.4 is 5.32 Å². The number of rotatable bonds is 3. The standard InChI is InChI=1S/C17H25NO/c1-12-9-16(11-19-12)17(18-2)15-8-7-13-5-3-4-6-14(13)10-15/h7-8,10,12,16-18H,3-6,9,11H2,1-2H3. The first-order chi connectivity index (χ1) is 9.28. The van der Waals surface area contributed by atoms with Gasteiger partial charge in [-0.2, -0.15) is 0 Å². The van der Waals surface area contributed by atoms with Crippen LogP contribution >= 0.6 is 0 Å². The zero-order chi connectivity index (χ0) is 13.2. The summed E-state index contributed by atoms with van der Waals surface area (Å²) < 4.78 is 5.74. The second-order valence-corrected chi connectivity index (χ2v) is 6.14.